The lowest BCUT2D eigenvalue weighted by atomic mass is 10.1. The standard InChI is InChI=1S/C13H17N5O/c1-17-9-10(8-14-17)11-7-12(19)16-13(15-11)18-5-3-2-4-6-18/h7-9H,2-6H2,1H3,(H,15,16,19). The van der Waals surface area contributed by atoms with Crippen molar-refractivity contribution in [2.24, 2.45) is 7.05 Å². The lowest BCUT2D eigenvalue weighted by Crippen LogP contribution is -2.32. The first kappa shape index (κ1) is 12.0. The number of hydrogen-bond acceptors (Lipinski definition) is 4. The van der Waals surface area contributed by atoms with Crippen LogP contribution in [0.2, 0.25) is 0 Å². The highest BCUT2D eigenvalue weighted by atomic mass is 16.1. The molecule has 1 N–H and O–H groups in total. The molecule has 0 aliphatic carbocycles. The van der Waals surface area contributed by atoms with Gasteiger partial charge in [-0.2, -0.15) is 5.10 Å². The minimum atomic E-state index is -0.116. The maximum atomic E-state index is 11.8. The lowest BCUT2D eigenvalue weighted by molar-refractivity contribution is 0.568. The molecule has 6 heteroatoms. The summed E-state index contributed by atoms with van der Waals surface area (Å²) in [5.74, 6) is 0.672. The van der Waals surface area contributed by atoms with E-state index in [1.807, 2.05) is 13.2 Å². The van der Waals surface area contributed by atoms with Crippen molar-refractivity contribution in [3.8, 4) is 11.3 Å². The molecule has 1 fully saturated rings. The summed E-state index contributed by atoms with van der Waals surface area (Å²) in [7, 11) is 1.85. The Morgan fingerprint density at radius 3 is 2.74 bits per heavy atom. The van der Waals surface area contributed by atoms with Crippen molar-refractivity contribution in [3.05, 3.63) is 28.8 Å². The SMILES string of the molecule is Cn1cc(-c2cc(=O)[nH]c(N3CCCCC3)n2)cn1. The normalized spacial score (nSPS) is 15.7. The summed E-state index contributed by atoms with van der Waals surface area (Å²) >= 11 is 0. The first-order chi connectivity index (χ1) is 9.22. The summed E-state index contributed by atoms with van der Waals surface area (Å²) in [6.07, 6.45) is 7.15. The fourth-order valence-corrected chi connectivity index (χ4v) is 2.40. The molecule has 100 valence electrons. The Morgan fingerprint density at radius 2 is 2.05 bits per heavy atom. The van der Waals surface area contributed by atoms with Gasteiger partial charge in [0.25, 0.3) is 5.56 Å². The molecular formula is C13H17N5O. The van der Waals surface area contributed by atoms with Crippen LogP contribution in [0.5, 0.6) is 0 Å². The molecule has 0 amide bonds. The Labute approximate surface area is 111 Å². The summed E-state index contributed by atoms with van der Waals surface area (Å²) in [5.41, 5.74) is 1.43. The van der Waals surface area contributed by atoms with E-state index in [4.69, 9.17) is 0 Å². The van der Waals surface area contributed by atoms with Gasteiger partial charge in [-0.1, -0.05) is 0 Å². The second-order valence-electron chi connectivity index (χ2n) is 4.90. The molecule has 0 spiro atoms. The Kier molecular flexibility index (Phi) is 3.06. The molecule has 19 heavy (non-hydrogen) atoms. The molecular weight excluding hydrogens is 242 g/mol. The molecule has 2 aromatic rings. The smallest absolute Gasteiger partial charge is 0.252 e. The fraction of sp³-hybridized carbons (Fsp3) is 0.462. The van der Waals surface area contributed by atoms with Crippen LogP contribution < -0.4 is 10.5 Å². The Balaban J connectivity index is 1.98. The Hall–Kier alpha value is -2.11. The van der Waals surface area contributed by atoms with Gasteiger partial charge in [-0.15, -0.1) is 0 Å². The van der Waals surface area contributed by atoms with Crippen molar-refractivity contribution in [1.82, 2.24) is 19.7 Å². The van der Waals surface area contributed by atoms with E-state index in [0.717, 1.165) is 31.5 Å². The predicted octanol–water partition coefficient (Wildman–Crippen LogP) is 1.16. The van der Waals surface area contributed by atoms with Gasteiger partial charge in [-0.25, -0.2) is 4.98 Å². The van der Waals surface area contributed by atoms with Crippen molar-refractivity contribution in [1.29, 1.82) is 0 Å². The van der Waals surface area contributed by atoms with E-state index in [9.17, 15) is 4.79 Å². The fourth-order valence-electron chi connectivity index (χ4n) is 2.40. The molecule has 1 saturated heterocycles. The zero-order valence-corrected chi connectivity index (χ0v) is 11.0. The molecule has 0 bridgehead atoms. The quantitative estimate of drug-likeness (QED) is 0.879. The van der Waals surface area contributed by atoms with Crippen molar-refractivity contribution < 1.29 is 0 Å². The van der Waals surface area contributed by atoms with E-state index >= 15 is 0 Å². The number of rotatable bonds is 2. The van der Waals surface area contributed by atoms with E-state index < -0.39 is 0 Å². The second kappa shape index (κ2) is 4.87. The number of H-pyrrole nitrogens is 1. The summed E-state index contributed by atoms with van der Waals surface area (Å²) in [6, 6.07) is 1.52. The molecule has 3 heterocycles. The van der Waals surface area contributed by atoms with Gasteiger partial charge in [0.05, 0.1) is 11.9 Å². The third-order valence-electron chi connectivity index (χ3n) is 3.39. The van der Waals surface area contributed by atoms with Crippen molar-refractivity contribution in [2.45, 2.75) is 19.3 Å². The zero-order chi connectivity index (χ0) is 13.2. The minimum Gasteiger partial charge on any atom is -0.342 e. The topological polar surface area (TPSA) is 66.8 Å². The molecule has 0 atom stereocenters. The molecule has 2 aromatic heterocycles. The van der Waals surface area contributed by atoms with E-state index in [-0.39, 0.29) is 5.56 Å². The number of piperidine rings is 1. The molecule has 0 aromatic carbocycles. The van der Waals surface area contributed by atoms with E-state index in [1.54, 1.807) is 10.9 Å². The highest BCUT2D eigenvalue weighted by molar-refractivity contribution is 5.58. The van der Waals surface area contributed by atoms with Crippen LogP contribution in [0.15, 0.2) is 23.3 Å². The second-order valence-corrected chi connectivity index (χ2v) is 4.90. The number of aromatic nitrogens is 4. The highest BCUT2D eigenvalue weighted by Gasteiger charge is 2.14. The Morgan fingerprint density at radius 1 is 1.26 bits per heavy atom. The van der Waals surface area contributed by atoms with Gasteiger partial charge in [-0.3, -0.25) is 14.5 Å². The average molecular weight is 259 g/mol. The van der Waals surface area contributed by atoms with Crippen molar-refractivity contribution >= 4 is 5.95 Å². The van der Waals surface area contributed by atoms with Crippen LogP contribution in [0.4, 0.5) is 5.95 Å². The maximum absolute atomic E-state index is 11.8. The van der Waals surface area contributed by atoms with Crippen LogP contribution in [0.3, 0.4) is 0 Å². The van der Waals surface area contributed by atoms with Crippen LogP contribution >= 0.6 is 0 Å². The highest BCUT2D eigenvalue weighted by Crippen LogP contribution is 2.19. The van der Waals surface area contributed by atoms with Crippen LogP contribution in [0.25, 0.3) is 11.3 Å². The first-order valence-electron chi connectivity index (χ1n) is 6.58. The summed E-state index contributed by atoms with van der Waals surface area (Å²) in [6.45, 7) is 1.92. The number of hydrogen-bond donors (Lipinski definition) is 1. The van der Waals surface area contributed by atoms with Gasteiger partial charge in [0.2, 0.25) is 5.95 Å². The van der Waals surface area contributed by atoms with Gasteiger partial charge in [0, 0.05) is 38.0 Å². The summed E-state index contributed by atoms with van der Waals surface area (Å²) in [4.78, 5) is 21.3. The summed E-state index contributed by atoms with van der Waals surface area (Å²) in [5, 5.41) is 4.12. The third kappa shape index (κ3) is 2.52. The minimum absolute atomic E-state index is 0.116. The van der Waals surface area contributed by atoms with Gasteiger partial charge < -0.3 is 4.90 Å². The third-order valence-corrected chi connectivity index (χ3v) is 3.39. The van der Waals surface area contributed by atoms with Gasteiger partial charge in [0.15, 0.2) is 0 Å². The molecule has 1 aliphatic heterocycles. The maximum Gasteiger partial charge on any atom is 0.252 e. The lowest BCUT2D eigenvalue weighted by Gasteiger charge is -2.27. The van der Waals surface area contributed by atoms with Crippen LogP contribution in [-0.2, 0) is 7.05 Å². The average Bonchev–Trinajstić information content (AvgIpc) is 2.86. The summed E-state index contributed by atoms with van der Waals surface area (Å²) < 4.78 is 1.71. The molecule has 6 nitrogen and oxygen atoms in total. The van der Waals surface area contributed by atoms with E-state index in [2.05, 4.69) is 20.0 Å². The molecule has 3 rings (SSSR count). The number of aromatic amines is 1. The largest absolute Gasteiger partial charge is 0.342 e. The zero-order valence-electron chi connectivity index (χ0n) is 11.0. The van der Waals surface area contributed by atoms with Crippen LogP contribution in [0, 0.1) is 0 Å². The van der Waals surface area contributed by atoms with Crippen molar-refractivity contribution in [3.63, 3.8) is 0 Å². The molecule has 0 saturated carbocycles. The number of nitrogens with zero attached hydrogens (tertiary/aromatic N) is 4. The predicted molar refractivity (Wildman–Crippen MR) is 73.1 cm³/mol. The van der Waals surface area contributed by atoms with Gasteiger partial charge in [0.1, 0.15) is 0 Å². The Bertz CT molecular complexity index is 624. The molecule has 0 unspecified atom stereocenters. The molecule has 1 aliphatic rings. The number of aryl methyl sites for hydroxylation is 1. The number of nitrogens with one attached hydrogen (secondary N) is 1. The van der Waals surface area contributed by atoms with E-state index in [1.165, 1.54) is 12.5 Å². The van der Waals surface area contributed by atoms with E-state index in [0.29, 0.717) is 11.6 Å². The van der Waals surface area contributed by atoms with Crippen LogP contribution in [0.1, 0.15) is 19.3 Å². The van der Waals surface area contributed by atoms with Crippen LogP contribution in [-0.4, -0.2) is 32.8 Å². The first-order valence-corrected chi connectivity index (χ1v) is 6.58. The van der Waals surface area contributed by atoms with Crippen molar-refractivity contribution in [2.75, 3.05) is 18.0 Å². The van der Waals surface area contributed by atoms with Gasteiger partial charge >= 0.3 is 0 Å². The van der Waals surface area contributed by atoms with Gasteiger partial charge in [-0.05, 0) is 19.3 Å². The number of anilines is 1. The monoisotopic (exact) mass is 259 g/mol. The molecule has 0 radical (unpaired) electrons.